The minimum atomic E-state index is -1.09. The number of quaternary nitrogens is 1. The van der Waals surface area contributed by atoms with Gasteiger partial charge in [0, 0.05) is 19.5 Å². The van der Waals surface area contributed by atoms with Gasteiger partial charge in [0.2, 0.25) is 0 Å². The van der Waals surface area contributed by atoms with Gasteiger partial charge in [-0.2, -0.15) is 0 Å². The minimum Gasteiger partial charge on any atom is -0.550 e. The standard InChI is InChI=1S/C6H16N.C6H12O4/c1-5-6-7(2,3)4;1-9-4-5-10-3-2-6(7)8/h5-6H2,1-4H3;2-5H2,1H3,(H,7,8)/q+1;/p-1. The van der Waals surface area contributed by atoms with Gasteiger partial charge in [-0.25, -0.2) is 0 Å². The van der Waals surface area contributed by atoms with Crippen LogP contribution in [0.25, 0.3) is 0 Å². The van der Waals surface area contributed by atoms with Gasteiger partial charge in [0.05, 0.1) is 47.5 Å². The normalized spacial score (nSPS) is 10.6. The molecule has 0 radical (unpaired) electrons. The number of carboxylic acids is 1. The van der Waals surface area contributed by atoms with Gasteiger partial charge >= 0.3 is 0 Å². The van der Waals surface area contributed by atoms with Crippen LogP contribution in [0.4, 0.5) is 0 Å². The van der Waals surface area contributed by atoms with E-state index in [0.29, 0.717) is 13.2 Å². The highest BCUT2D eigenvalue weighted by atomic mass is 16.5. The summed E-state index contributed by atoms with van der Waals surface area (Å²) in [5.41, 5.74) is 0. The summed E-state index contributed by atoms with van der Waals surface area (Å²) in [5, 5.41) is 9.81. The Bertz CT molecular complexity index is 178. The van der Waals surface area contributed by atoms with Crippen LogP contribution in [0.1, 0.15) is 19.8 Å². The van der Waals surface area contributed by atoms with Crippen molar-refractivity contribution in [1.29, 1.82) is 0 Å². The van der Waals surface area contributed by atoms with Crippen LogP contribution in [0.5, 0.6) is 0 Å². The van der Waals surface area contributed by atoms with Gasteiger partial charge in [-0.1, -0.05) is 6.92 Å². The molecule has 0 amide bonds. The molecule has 0 saturated heterocycles. The first kappa shape index (κ1) is 18.7. The van der Waals surface area contributed by atoms with Gasteiger partial charge in [-0.15, -0.1) is 0 Å². The van der Waals surface area contributed by atoms with Crippen molar-refractivity contribution in [3.05, 3.63) is 0 Å². The first-order valence-electron chi connectivity index (χ1n) is 5.90. The summed E-state index contributed by atoms with van der Waals surface area (Å²) in [6, 6.07) is 0. The average Bonchev–Trinajstić information content (AvgIpc) is 2.16. The topological polar surface area (TPSA) is 58.6 Å². The van der Waals surface area contributed by atoms with Crippen molar-refractivity contribution in [2.75, 3.05) is 54.6 Å². The van der Waals surface area contributed by atoms with E-state index in [0.717, 1.165) is 4.48 Å². The van der Waals surface area contributed by atoms with E-state index in [1.54, 1.807) is 7.11 Å². The molecular formula is C12H27NO4. The average molecular weight is 249 g/mol. The van der Waals surface area contributed by atoms with Crippen LogP contribution in [-0.2, 0) is 14.3 Å². The number of hydrogen-bond acceptors (Lipinski definition) is 4. The maximum absolute atomic E-state index is 9.81. The Kier molecular flexibility index (Phi) is 13.0. The number of rotatable bonds is 8. The third kappa shape index (κ3) is 25.5. The smallest absolute Gasteiger partial charge is 0.0777 e. The zero-order valence-electron chi connectivity index (χ0n) is 11.8. The van der Waals surface area contributed by atoms with Gasteiger partial charge in [-0.05, 0) is 6.42 Å². The van der Waals surface area contributed by atoms with E-state index in [4.69, 9.17) is 4.74 Å². The molecule has 0 aromatic rings. The molecule has 17 heavy (non-hydrogen) atoms. The zero-order chi connectivity index (χ0) is 13.7. The van der Waals surface area contributed by atoms with Crippen molar-refractivity contribution in [2.24, 2.45) is 0 Å². The van der Waals surface area contributed by atoms with Crippen LogP contribution in [0.15, 0.2) is 0 Å². The Hall–Kier alpha value is -0.650. The van der Waals surface area contributed by atoms with E-state index >= 15 is 0 Å². The lowest BCUT2D eigenvalue weighted by Crippen LogP contribution is -2.34. The number of carbonyl (C=O) groups is 1. The molecule has 5 heteroatoms. The van der Waals surface area contributed by atoms with Crippen molar-refractivity contribution in [2.45, 2.75) is 19.8 Å². The molecule has 0 unspecified atom stereocenters. The molecule has 0 aromatic carbocycles. The highest BCUT2D eigenvalue weighted by Crippen LogP contribution is 1.90. The molecule has 0 rings (SSSR count). The number of methoxy groups -OCH3 is 1. The molecule has 0 aliphatic carbocycles. The maximum Gasteiger partial charge on any atom is 0.0777 e. The lowest BCUT2D eigenvalue weighted by atomic mass is 10.4. The molecule has 0 aliphatic heterocycles. The second-order valence-electron chi connectivity index (χ2n) is 4.74. The summed E-state index contributed by atoms with van der Waals surface area (Å²) in [6.07, 6.45) is 1.23. The SMILES string of the molecule is CCC[N+](C)(C)C.COCCOCCC(=O)[O-]. The van der Waals surface area contributed by atoms with E-state index in [9.17, 15) is 9.90 Å². The monoisotopic (exact) mass is 249 g/mol. The first-order valence-corrected chi connectivity index (χ1v) is 5.90. The Morgan fingerprint density at radius 3 is 2.06 bits per heavy atom. The number of hydrogen-bond donors (Lipinski definition) is 0. The Labute approximate surface area is 105 Å². The zero-order valence-corrected chi connectivity index (χ0v) is 11.8. The molecule has 104 valence electrons. The second-order valence-corrected chi connectivity index (χ2v) is 4.74. The third-order valence-corrected chi connectivity index (χ3v) is 1.78. The summed E-state index contributed by atoms with van der Waals surface area (Å²) in [6.45, 7) is 4.62. The van der Waals surface area contributed by atoms with Gasteiger partial charge in [0.25, 0.3) is 0 Å². The van der Waals surface area contributed by atoms with Crippen LogP contribution in [0.2, 0.25) is 0 Å². The fraction of sp³-hybridized carbons (Fsp3) is 0.917. The van der Waals surface area contributed by atoms with Gasteiger partial charge in [-0.3, -0.25) is 0 Å². The quantitative estimate of drug-likeness (QED) is 0.445. The first-order chi connectivity index (χ1) is 7.83. The number of nitrogens with zero attached hydrogens (tertiary/aromatic N) is 1. The lowest BCUT2D eigenvalue weighted by molar-refractivity contribution is -0.870. The number of aliphatic carboxylic acids is 1. The Balaban J connectivity index is 0. The maximum atomic E-state index is 9.81. The van der Waals surface area contributed by atoms with E-state index in [2.05, 4.69) is 32.8 Å². The summed E-state index contributed by atoms with van der Waals surface area (Å²) < 4.78 is 10.6. The van der Waals surface area contributed by atoms with Gasteiger partial charge in [0.1, 0.15) is 0 Å². The van der Waals surface area contributed by atoms with Crippen LogP contribution < -0.4 is 5.11 Å². The number of carbonyl (C=O) groups excluding carboxylic acids is 1. The molecule has 0 N–H and O–H groups in total. The Morgan fingerprint density at radius 1 is 1.18 bits per heavy atom. The molecular weight excluding hydrogens is 222 g/mol. The largest absolute Gasteiger partial charge is 0.550 e. The minimum absolute atomic E-state index is 0.0519. The molecule has 0 heterocycles. The van der Waals surface area contributed by atoms with E-state index < -0.39 is 5.97 Å². The van der Waals surface area contributed by atoms with Crippen molar-refractivity contribution in [3.8, 4) is 0 Å². The van der Waals surface area contributed by atoms with E-state index in [1.165, 1.54) is 13.0 Å². The fourth-order valence-electron chi connectivity index (χ4n) is 1.07. The van der Waals surface area contributed by atoms with Crippen molar-refractivity contribution < 1.29 is 23.9 Å². The summed E-state index contributed by atoms with van der Waals surface area (Å²) in [5.74, 6) is -1.09. The predicted molar refractivity (Wildman–Crippen MR) is 65.5 cm³/mol. The number of ether oxygens (including phenoxy) is 2. The second kappa shape index (κ2) is 11.8. The highest BCUT2D eigenvalue weighted by Gasteiger charge is 2.01. The van der Waals surface area contributed by atoms with Crippen LogP contribution in [0.3, 0.4) is 0 Å². The molecule has 0 atom stereocenters. The van der Waals surface area contributed by atoms with Gasteiger partial charge in [0.15, 0.2) is 0 Å². The Morgan fingerprint density at radius 2 is 1.76 bits per heavy atom. The summed E-state index contributed by atoms with van der Waals surface area (Å²) >= 11 is 0. The van der Waals surface area contributed by atoms with Crippen LogP contribution in [0, 0.1) is 0 Å². The molecule has 0 fully saturated rings. The molecule has 0 spiro atoms. The van der Waals surface area contributed by atoms with Crippen molar-refractivity contribution >= 4 is 5.97 Å². The lowest BCUT2D eigenvalue weighted by Gasteiger charge is -2.22. The highest BCUT2D eigenvalue weighted by molar-refractivity contribution is 5.64. The molecule has 0 aliphatic rings. The fourth-order valence-corrected chi connectivity index (χ4v) is 1.07. The molecule has 0 aromatic heterocycles. The predicted octanol–water partition coefficient (Wildman–Crippen LogP) is -0.108. The molecule has 0 bridgehead atoms. The van der Waals surface area contributed by atoms with Crippen molar-refractivity contribution in [3.63, 3.8) is 0 Å². The van der Waals surface area contributed by atoms with Gasteiger partial charge < -0.3 is 23.9 Å². The van der Waals surface area contributed by atoms with Crippen LogP contribution in [-0.4, -0.2) is 65.1 Å². The van der Waals surface area contributed by atoms with Crippen LogP contribution >= 0.6 is 0 Å². The van der Waals surface area contributed by atoms with E-state index in [-0.39, 0.29) is 13.0 Å². The van der Waals surface area contributed by atoms with E-state index in [1.807, 2.05) is 0 Å². The third-order valence-electron chi connectivity index (χ3n) is 1.78. The molecule has 0 saturated carbocycles. The molecule has 5 nitrogen and oxygen atoms in total. The number of carboxylic acid groups (broad SMARTS) is 1. The summed E-state index contributed by atoms with van der Waals surface area (Å²) in [7, 11) is 8.19. The van der Waals surface area contributed by atoms with Crippen molar-refractivity contribution in [1.82, 2.24) is 0 Å². The summed E-state index contributed by atoms with van der Waals surface area (Å²) in [4.78, 5) is 9.81.